The van der Waals surface area contributed by atoms with Crippen molar-refractivity contribution in [2.75, 3.05) is 35.3 Å². The normalized spacial score (nSPS) is 26.6. The molecule has 0 unspecified atom stereocenters. The number of fused-ring (bicyclic) bond motifs is 2. The van der Waals surface area contributed by atoms with E-state index < -0.39 is 0 Å². The SMILES string of the molecule is CN1C(=O)[C@H]2CCC[C@H]2N(C2CCCC2)c2nc(NCCO)ncc21. The predicted octanol–water partition coefficient (Wildman–Crippen LogP) is 1.77. The summed E-state index contributed by atoms with van der Waals surface area (Å²) in [6, 6.07) is 0.712. The Bertz CT molecular complexity index is 646. The summed E-state index contributed by atoms with van der Waals surface area (Å²) in [5.74, 6) is 1.67. The van der Waals surface area contributed by atoms with Gasteiger partial charge in [-0.25, -0.2) is 4.98 Å². The van der Waals surface area contributed by atoms with E-state index in [-0.39, 0.29) is 24.5 Å². The Hall–Kier alpha value is -1.89. The summed E-state index contributed by atoms with van der Waals surface area (Å²) in [6.45, 7) is 0.457. The van der Waals surface area contributed by atoms with Gasteiger partial charge in [-0.05, 0) is 25.7 Å². The van der Waals surface area contributed by atoms with Gasteiger partial charge in [0.1, 0.15) is 5.69 Å². The van der Waals surface area contributed by atoms with E-state index in [4.69, 9.17) is 10.1 Å². The number of aromatic nitrogens is 2. The van der Waals surface area contributed by atoms with Gasteiger partial charge in [0, 0.05) is 25.7 Å². The average Bonchev–Trinajstić information content (AvgIpc) is 3.30. The van der Waals surface area contributed by atoms with Gasteiger partial charge in [0.15, 0.2) is 5.82 Å². The quantitative estimate of drug-likeness (QED) is 0.866. The molecule has 1 aromatic rings. The molecule has 136 valence electrons. The molecule has 7 heteroatoms. The van der Waals surface area contributed by atoms with Crippen LogP contribution in [0, 0.1) is 5.92 Å². The fraction of sp³-hybridized carbons (Fsp3) is 0.722. The third-order valence-electron chi connectivity index (χ3n) is 5.95. The molecule has 0 saturated heterocycles. The number of nitrogens with one attached hydrogen (secondary N) is 1. The molecule has 2 heterocycles. The van der Waals surface area contributed by atoms with Crippen molar-refractivity contribution in [1.29, 1.82) is 0 Å². The average molecular weight is 345 g/mol. The topological polar surface area (TPSA) is 81.6 Å². The second-order valence-corrected chi connectivity index (χ2v) is 7.40. The Labute approximate surface area is 148 Å². The second-order valence-electron chi connectivity index (χ2n) is 7.40. The van der Waals surface area contributed by atoms with Crippen molar-refractivity contribution >= 4 is 23.4 Å². The maximum atomic E-state index is 13.0. The van der Waals surface area contributed by atoms with E-state index in [2.05, 4.69) is 15.2 Å². The first-order valence-corrected chi connectivity index (χ1v) is 9.48. The molecule has 1 aliphatic heterocycles. The summed E-state index contributed by atoms with van der Waals surface area (Å²) in [6.07, 6.45) is 9.72. The van der Waals surface area contributed by atoms with Crippen LogP contribution < -0.4 is 15.1 Å². The van der Waals surface area contributed by atoms with Gasteiger partial charge in [0.2, 0.25) is 11.9 Å². The lowest BCUT2D eigenvalue weighted by atomic mass is 9.99. The molecule has 2 aliphatic carbocycles. The number of anilines is 3. The largest absolute Gasteiger partial charge is 0.395 e. The van der Waals surface area contributed by atoms with Crippen LogP contribution in [0.2, 0.25) is 0 Å². The number of aliphatic hydroxyl groups is 1. The number of carbonyl (C=O) groups is 1. The zero-order chi connectivity index (χ0) is 17.4. The van der Waals surface area contributed by atoms with Crippen molar-refractivity contribution in [3.05, 3.63) is 6.20 Å². The van der Waals surface area contributed by atoms with Gasteiger partial charge in [-0.2, -0.15) is 4.98 Å². The fourth-order valence-electron chi connectivity index (χ4n) is 4.76. The Balaban J connectivity index is 1.79. The molecule has 1 amide bonds. The van der Waals surface area contributed by atoms with Crippen LogP contribution in [0.3, 0.4) is 0 Å². The molecule has 25 heavy (non-hydrogen) atoms. The van der Waals surface area contributed by atoms with E-state index in [0.717, 1.165) is 30.8 Å². The molecule has 0 bridgehead atoms. The second kappa shape index (κ2) is 6.78. The molecular formula is C18H27N5O2. The maximum absolute atomic E-state index is 13.0. The molecule has 1 aromatic heterocycles. The van der Waals surface area contributed by atoms with Crippen LogP contribution >= 0.6 is 0 Å². The Morgan fingerprint density at radius 2 is 2.04 bits per heavy atom. The third kappa shape index (κ3) is 2.84. The van der Waals surface area contributed by atoms with Crippen LogP contribution in [0.15, 0.2) is 6.20 Å². The number of carbonyl (C=O) groups excluding carboxylic acids is 1. The van der Waals surface area contributed by atoms with Crippen molar-refractivity contribution in [3.63, 3.8) is 0 Å². The summed E-state index contributed by atoms with van der Waals surface area (Å²) in [7, 11) is 1.85. The highest BCUT2D eigenvalue weighted by molar-refractivity contribution is 5.99. The molecule has 2 saturated carbocycles. The van der Waals surface area contributed by atoms with Gasteiger partial charge < -0.3 is 20.2 Å². The van der Waals surface area contributed by atoms with Crippen molar-refractivity contribution in [3.8, 4) is 0 Å². The van der Waals surface area contributed by atoms with E-state index >= 15 is 0 Å². The van der Waals surface area contributed by atoms with Crippen molar-refractivity contribution < 1.29 is 9.90 Å². The number of rotatable bonds is 4. The third-order valence-corrected chi connectivity index (χ3v) is 5.95. The van der Waals surface area contributed by atoms with E-state index in [1.165, 1.54) is 25.7 Å². The minimum Gasteiger partial charge on any atom is -0.395 e. The van der Waals surface area contributed by atoms with E-state index in [1.807, 2.05) is 7.05 Å². The van der Waals surface area contributed by atoms with Crippen molar-refractivity contribution in [2.24, 2.45) is 5.92 Å². The standard InChI is InChI=1S/C18H27N5O2/c1-22-15-11-20-18(19-9-10-24)21-16(15)23(12-5-2-3-6-12)14-8-4-7-13(14)17(22)25/h11-14,24H,2-10H2,1H3,(H,19,20,21)/t13-,14+/m0/s1. The van der Waals surface area contributed by atoms with E-state index in [1.54, 1.807) is 11.1 Å². The van der Waals surface area contributed by atoms with Crippen LogP contribution in [0.1, 0.15) is 44.9 Å². The highest BCUT2D eigenvalue weighted by Gasteiger charge is 2.45. The highest BCUT2D eigenvalue weighted by Crippen LogP contribution is 2.44. The molecule has 2 N–H and O–H groups in total. The van der Waals surface area contributed by atoms with Gasteiger partial charge in [0.05, 0.1) is 18.7 Å². The summed E-state index contributed by atoms with van der Waals surface area (Å²) < 4.78 is 0. The van der Waals surface area contributed by atoms with E-state index in [9.17, 15) is 4.79 Å². The lowest BCUT2D eigenvalue weighted by molar-refractivity contribution is -0.122. The predicted molar refractivity (Wildman–Crippen MR) is 96.9 cm³/mol. The molecule has 4 rings (SSSR count). The smallest absolute Gasteiger partial charge is 0.232 e. The Morgan fingerprint density at radius 3 is 2.80 bits per heavy atom. The maximum Gasteiger partial charge on any atom is 0.232 e. The number of hydrogen-bond acceptors (Lipinski definition) is 6. The molecule has 0 radical (unpaired) electrons. The van der Waals surface area contributed by atoms with Crippen LogP contribution in [-0.4, -0.2) is 53.3 Å². The lowest BCUT2D eigenvalue weighted by Crippen LogP contribution is -2.46. The first-order valence-electron chi connectivity index (χ1n) is 9.48. The molecule has 2 atom stereocenters. The van der Waals surface area contributed by atoms with Gasteiger partial charge >= 0.3 is 0 Å². The van der Waals surface area contributed by atoms with Crippen molar-refractivity contribution in [1.82, 2.24) is 9.97 Å². The number of aliphatic hydroxyl groups excluding tert-OH is 1. The van der Waals surface area contributed by atoms with Crippen LogP contribution in [0.5, 0.6) is 0 Å². The van der Waals surface area contributed by atoms with E-state index in [0.29, 0.717) is 18.5 Å². The number of hydrogen-bond donors (Lipinski definition) is 2. The van der Waals surface area contributed by atoms with Crippen LogP contribution in [-0.2, 0) is 4.79 Å². The van der Waals surface area contributed by atoms with Gasteiger partial charge in [-0.1, -0.05) is 19.3 Å². The lowest BCUT2D eigenvalue weighted by Gasteiger charge is -2.36. The molecule has 0 spiro atoms. The Kier molecular flexibility index (Phi) is 4.50. The minimum atomic E-state index is 0.0376. The van der Waals surface area contributed by atoms with Crippen molar-refractivity contribution in [2.45, 2.75) is 57.0 Å². The molecule has 2 fully saturated rings. The number of nitrogens with zero attached hydrogens (tertiary/aromatic N) is 4. The van der Waals surface area contributed by atoms with Gasteiger partial charge in [-0.3, -0.25) is 4.79 Å². The number of amides is 1. The Morgan fingerprint density at radius 1 is 1.24 bits per heavy atom. The summed E-state index contributed by atoms with van der Waals surface area (Å²) >= 11 is 0. The van der Waals surface area contributed by atoms with Gasteiger partial charge in [0.25, 0.3) is 0 Å². The summed E-state index contributed by atoms with van der Waals surface area (Å²) in [5.41, 5.74) is 0.806. The molecular weight excluding hydrogens is 318 g/mol. The monoisotopic (exact) mass is 345 g/mol. The summed E-state index contributed by atoms with van der Waals surface area (Å²) in [5, 5.41) is 12.1. The zero-order valence-electron chi connectivity index (χ0n) is 14.8. The first kappa shape index (κ1) is 16.6. The molecule has 3 aliphatic rings. The highest BCUT2D eigenvalue weighted by atomic mass is 16.3. The zero-order valence-corrected chi connectivity index (χ0v) is 14.8. The first-order chi connectivity index (χ1) is 12.2. The van der Waals surface area contributed by atoms with Crippen LogP contribution in [0.25, 0.3) is 0 Å². The molecule has 0 aromatic carbocycles. The van der Waals surface area contributed by atoms with Crippen LogP contribution in [0.4, 0.5) is 17.5 Å². The minimum absolute atomic E-state index is 0.0376. The van der Waals surface area contributed by atoms with Gasteiger partial charge in [-0.15, -0.1) is 0 Å². The molecule has 7 nitrogen and oxygen atoms in total. The fourth-order valence-corrected chi connectivity index (χ4v) is 4.76. The summed E-state index contributed by atoms with van der Waals surface area (Å²) in [4.78, 5) is 26.3.